The Labute approximate surface area is 138 Å². The third-order valence-electron chi connectivity index (χ3n) is 2.82. The van der Waals surface area contributed by atoms with Crippen molar-refractivity contribution in [3.8, 4) is 11.5 Å². The first-order valence-corrected chi connectivity index (χ1v) is 8.79. The highest BCUT2D eigenvalue weighted by molar-refractivity contribution is 7.81. The van der Waals surface area contributed by atoms with Crippen molar-refractivity contribution in [1.29, 1.82) is 0 Å². The molecule has 1 aromatic carbocycles. The van der Waals surface area contributed by atoms with Crippen LogP contribution in [-0.4, -0.2) is 52.8 Å². The van der Waals surface area contributed by atoms with Crippen LogP contribution in [0.4, 0.5) is 0 Å². The molecule has 0 amide bonds. The van der Waals surface area contributed by atoms with Gasteiger partial charge < -0.3 is 20.3 Å². The molecule has 0 heterocycles. The predicted octanol–water partition coefficient (Wildman–Crippen LogP) is 1.13. The van der Waals surface area contributed by atoms with Crippen molar-refractivity contribution in [2.24, 2.45) is 5.73 Å². The van der Waals surface area contributed by atoms with Crippen LogP contribution in [0.1, 0.15) is 16.8 Å². The molecule has 0 saturated heterocycles. The van der Waals surface area contributed by atoms with Crippen molar-refractivity contribution in [2.75, 3.05) is 26.4 Å². The van der Waals surface area contributed by atoms with E-state index < -0.39 is 25.8 Å². The smallest absolute Gasteiger partial charge is 0.356 e. The summed E-state index contributed by atoms with van der Waals surface area (Å²) in [6, 6.07) is 2.39. The molecule has 10 heteroatoms. The lowest BCUT2D eigenvalue weighted by molar-refractivity contribution is -0.139. The van der Waals surface area contributed by atoms with Gasteiger partial charge >= 0.3 is 19.2 Å². The molecule has 0 radical (unpaired) electrons. The molecule has 5 N–H and O–H groups in total. The Morgan fingerprint density at radius 3 is 2.52 bits per heavy atom. The number of methoxy groups -OCH3 is 1. The van der Waals surface area contributed by atoms with Gasteiger partial charge in [0.05, 0.1) is 17.7 Å². The average Bonchev–Trinajstić information content (AvgIpc) is 2.50. The lowest BCUT2D eigenvalue weighted by atomic mass is 10.2. The first kappa shape index (κ1) is 19.6. The van der Waals surface area contributed by atoms with E-state index in [-0.39, 0.29) is 41.2 Å². The number of benzene rings is 1. The molecule has 1 rings (SSSR count). The number of carboxylic acids is 1. The number of rotatable bonds is 9. The number of hydrogen-bond acceptors (Lipinski definition) is 7. The van der Waals surface area contributed by atoms with Crippen molar-refractivity contribution in [2.45, 2.75) is 6.42 Å². The van der Waals surface area contributed by atoms with Crippen molar-refractivity contribution in [3.63, 3.8) is 0 Å². The van der Waals surface area contributed by atoms with E-state index in [1.807, 2.05) is 0 Å². The number of nitrogens with two attached hydrogens (primary N) is 1. The van der Waals surface area contributed by atoms with Gasteiger partial charge in [-0.1, -0.05) is 11.6 Å². The highest BCUT2D eigenvalue weighted by atomic mass is 35.5. The van der Waals surface area contributed by atoms with Crippen LogP contribution in [0.2, 0.25) is 5.02 Å². The van der Waals surface area contributed by atoms with Crippen LogP contribution in [0.25, 0.3) is 0 Å². The van der Waals surface area contributed by atoms with E-state index in [1.165, 1.54) is 19.2 Å². The summed E-state index contributed by atoms with van der Waals surface area (Å²) in [5, 5.41) is 8.55. The molecule has 0 saturated carbocycles. The second kappa shape index (κ2) is 8.42. The minimum absolute atomic E-state index is 0.0147. The van der Waals surface area contributed by atoms with Gasteiger partial charge in [-0.15, -0.1) is 0 Å². The van der Waals surface area contributed by atoms with Crippen LogP contribution in [0.3, 0.4) is 0 Å². The van der Waals surface area contributed by atoms with E-state index in [4.69, 9.17) is 31.9 Å². The maximum Gasteiger partial charge on any atom is 0.356 e. The summed E-state index contributed by atoms with van der Waals surface area (Å²) < 4.78 is 10.0. The Kier molecular flexibility index (Phi) is 7.18. The normalized spacial score (nSPS) is 11.2. The third kappa shape index (κ3) is 5.30. The second-order valence-electron chi connectivity index (χ2n) is 4.57. The minimum Gasteiger partial charge on any atom is -0.493 e. The summed E-state index contributed by atoms with van der Waals surface area (Å²) in [4.78, 5) is 42.7. The first-order valence-electron chi connectivity index (χ1n) is 6.53. The maximum absolute atomic E-state index is 12.2. The Morgan fingerprint density at radius 1 is 1.35 bits per heavy atom. The highest BCUT2D eigenvalue weighted by Gasteiger charge is 2.44. The van der Waals surface area contributed by atoms with Gasteiger partial charge in [0, 0.05) is 0 Å². The molecular formula is C13H18ClNO7P+. The molecule has 1 aromatic rings. The number of ether oxygens (including phenoxy) is 2. The fourth-order valence-corrected chi connectivity index (χ4v) is 3.37. The fraction of sp³-hybridized carbons (Fsp3) is 0.385. The molecule has 0 aliphatic rings. The van der Waals surface area contributed by atoms with Crippen molar-refractivity contribution in [3.05, 3.63) is 22.7 Å². The van der Waals surface area contributed by atoms with E-state index in [0.717, 1.165) is 0 Å². The van der Waals surface area contributed by atoms with Crippen LogP contribution in [0.5, 0.6) is 11.5 Å². The molecule has 0 fully saturated rings. The van der Waals surface area contributed by atoms with Gasteiger partial charge in [0.1, 0.15) is 6.16 Å². The Hall–Kier alpha value is -1.44. The van der Waals surface area contributed by atoms with Gasteiger partial charge in [0.25, 0.3) is 0 Å². The zero-order valence-corrected chi connectivity index (χ0v) is 14.0. The molecule has 0 aromatic heterocycles. The van der Waals surface area contributed by atoms with Crippen molar-refractivity contribution >= 4 is 30.8 Å². The molecule has 0 spiro atoms. The summed E-state index contributed by atoms with van der Waals surface area (Å²) in [5.41, 5.74) is 4.37. The molecule has 128 valence electrons. The van der Waals surface area contributed by atoms with Crippen LogP contribution in [0.15, 0.2) is 12.1 Å². The lowest BCUT2D eigenvalue weighted by Gasteiger charge is -2.14. The van der Waals surface area contributed by atoms with E-state index >= 15 is 0 Å². The van der Waals surface area contributed by atoms with Gasteiger partial charge in [-0.2, -0.15) is 0 Å². The van der Waals surface area contributed by atoms with Gasteiger partial charge in [0.2, 0.25) is 0 Å². The summed E-state index contributed by atoms with van der Waals surface area (Å²) in [5.74, 6) is -1.24. The van der Waals surface area contributed by atoms with Crippen LogP contribution >= 0.6 is 19.3 Å². The number of carbonyl (C=O) groups is 2. The van der Waals surface area contributed by atoms with Gasteiger partial charge in [-0.25, -0.2) is 19.4 Å². The molecular weight excluding hydrogens is 349 g/mol. The summed E-state index contributed by atoms with van der Waals surface area (Å²) in [6.07, 6.45) is 0.163. The zero-order valence-electron chi connectivity index (χ0n) is 12.4. The van der Waals surface area contributed by atoms with E-state index in [9.17, 15) is 19.4 Å². The molecule has 0 atom stereocenters. The van der Waals surface area contributed by atoms with E-state index in [0.29, 0.717) is 0 Å². The monoisotopic (exact) mass is 366 g/mol. The fourth-order valence-electron chi connectivity index (χ4n) is 1.74. The molecule has 0 aliphatic heterocycles. The SMILES string of the molecule is COc1cc(C(=O)[P+](O)(O)CCCN)cc(Cl)c1OCC(=O)O. The largest absolute Gasteiger partial charge is 0.493 e. The summed E-state index contributed by atoms with van der Waals surface area (Å²) in [6.45, 7) is -0.418. The van der Waals surface area contributed by atoms with E-state index in [2.05, 4.69) is 0 Å². The zero-order chi connectivity index (χ0) is 17.6. The Bertz CT molecular complexity index is 594. The molecule has 0 bridgehead atoms. The molecule has 23 heavy (non-hydrogen) atoms. The molecule has 0 unspecified atom stereocenters. The average molecular weight is 367 g/mol. The van der Waals surface area contributed by atoms with Gasteiger partial charge in [0.15, 0.2) is 18.1 Å². The number of halogens is 1. The van der Waals surface area contributed by atoms with E-state index in [1.54, 1.807) is 0 Å². The topological polar surface area (TPSA) is 139 Å². The minimum atomic E-state index is -3.84. The second-order valence-corrected chi connectivity index (χ2v) is 7.29. The molecule has 8 nitrogen and oxygen atoms in total. The van der Waals surface area contributed by atoms with Crippen molar-refractivity contribution in [1.82, 2.24) is 0 Å². The quantitative estimate of drug-likeness (QED) is 0.477. The summed E-state index contributed by atoms with van der Waals surface area (Å²) >= 11 is 5.97. The Morgan fingerprint density at radius 2 is 2.00 bits per heavy atom. The first-order chi connectivity index (χ1) is 10.7. The number of hydrogen-bond donors (Lipinski definition) is 4. The standard InChI is InChI=1S/C13H17ClNO7P/c1-21-10-6-8(13(18)23(19,20)4-2-3-15)5-9(14)12(10)22-7-11(16)17/h5-6,19-20H,2-4,7,15H2,1H3/p+1. The van der Waals surface area contributed by atoms with Gasteiger partial charge in [-0.05, 0) is 25.1 Å². The van der Waals surface area contributed by atoms with Crippen LogP contribution in [-0.2, 0) is 4.79 Å². The lowest BCUT2D eigenvalue weighted by Crippen LogP contribution is -2.14. The highest BCUT2D eigenvalue weighted by Crippen LogP contribution is 2.54. The maximum atomic E-state index is 12.2. The Balaban J connectivity index is 3.12. The number of aliphatic carboxylic acids is 1. The summed E-state index contributed by atoms with van der Waals surface area (Å²) in [7, 11) is -2.56. The third-order valence-corrected chi connectivity index (χ3v) is 4.94. The number of carbonyl (C=O) groups excluding carboxylic acids is 1. The number of carboxylic acid groups (broad SMARTS) is 1. The van der Waals surface area contributed by atoms with Crippen LogP contribution in [0, 0.1) is 0 Å². The molecule has 0 aliphatic carbocycles. The van der Waals surface area contributed by atoms with Gasteiger partial charge in [-0.3, -0.25) is 0 Å². The van der Waals surface area contributed by atoms with Crippen LogP contribution < -0.4 is 15.2 Å². The predicted molar refractivity (Wildman–Crippen MR) is 85.4 cm³/mol. The van der Waals surface area contributed by atoms with Crippen molar-refractivity contribution < 1.29 is 34.0 Å².